The van der Waals surface area contributed by atoms with Crippen LogP contribution in [0.3, 0.4) is 0 Å². The van der Waals surface area contributed by atoms with Gasteiger partial charge in [0, 0.05) is 43.8 Å². The number of imidazole rings is 1. The number of benzene rings is 4. The van der Waals surface area contributed by atoms with E-state index in [0.717, 1.165) is 63.1 Å². The van der Waals surface area contributed by atoms with Gasteiger partial charge >= 0.3 is 0 Å². The average molecular weight is 780 g/mol. The molecule has 0 N–H and O–H groups in total. The van der Waals surface area contributed by atoms with Gasteiger partial charge in [0.2, 0.25) is 0 Å². The smallest absolute Gasteiger partial charge is 0.120 e. The fraction of sp³-hybridized carbons (Fsp3) is 0.220. The maximum Gasteiger partial charge on any atom is 0.120 e. The van der Waals surface area contributed by atoms with Gasteiger partial charge in [-0.1, -0.05) is 93.6 Å². The summed E-state index contributed by atoms with van der Waals surface area (Å²) in [6.07, 6.45) is 7.37. The molecule has 233 valence electrons. The second-order valence-corrected chi connectivity index (χ2v) is 13.3. The van der Waals surface area contributed by atoms with Crippen LogP contribution in [0.5, 0.6) is 0 Å². The van der Waals surface area contributed by atoms with Crippen LogP contribution in [0.25, 0.3) is 61.7 Å². The van der Waals surface area contributed by atoms with E-state index in [1.165, 1.54) is 22.2 Å². The second kappa shape index (κ2) is 12.8. The molecule has 0 unspecified atom stereocenters. The summed E-state index contributed by atoms with van der Waals surface area (Å²) in [6.45, 7) is 12.1. The Labute approximate surface area is 284 Å². The Morgan fingerprint density at radius 1 is 0.913 bits per heavy atom. The molecule has 4 heterocycles. The minimum atomic E-state index is 0. The summed E-state index contributed by atoms with van der Waals surface area (Å²) < 4.78 is 8.42. The van der Waals surface area contributed by atoms with Gasteiger partial charge in [-0.3, -0.25) is 4.98 Å². The van der Waals surface area contributed by atoms with Crippen molar-refractivity contribution in [3.8, 4) is 22.6 Å². The molecule has 0 amide bonds. The van der Waals surface area contributed by atoms with Crippen LogP contribution in [-0.2, 0) is 33.1 Å². The normalized spacial score (nSPS) is 12.4. The largest absolute Gasteiger partial charge is 0.501 e. The van der Waals surface area contributed by atoms with E-state index in [2.05, 4.69) is 111 Å². The van der Waals surface area contributed by atoms with Crippen molar-refractivity contribution in [3.63, 3.8) is 0 Å². The predicted octanol–water partition coefficient (Wildman–Crippen LogP) is 10.7. The molecule has 4 nitrogen and oxygen atoms in total. The van der Waals surface area contributed by atoms with Gasteiger partial charge in [-0.15, -0.1) is 54.1 Å². The molecule has 0 saturated carbocycles. The van der Waals surface area contributed by atoms with Crippen LogP contribution in [0.1, 0.15) is 57.2 Å². The van der Waals surface area contributed by atoms with Gasteiger partial charge in [-0.05, 0) is 47.2 Å². The number of para-hydroxylation sites is 1. The fourth-order valence-electron chi connectivity index (χ4n) is 6.35. The number of hydrogen-bond donors (Lipinski definition) is 0. The molecule has 0 saturated heterocycles. The molecule has 0 spiro atoms. The molecule has 0 aliphatic carbocycles. The summed E-state index contributed by atoms with van der Waals surface area (Å²) >= 11 is 0. The van der Waals surface area contributed by atoms with Crippen LogP contribution in [0, 0.1) is 17.5 Å². The Kier molecular flexibility index (Phi) is 8.83. The van der Waals surface area contributed by atoms with Gasteiger partial charge in [-0.2, -0.15) is 0 Å². The fourth-order valence-corrected chi connectivity index (χ4v) is 6.35. The standard InChI is InChI=1S/C22H20NO.C19H17N2.Ir/c1-22(2,3)14-15-11-12-23-19(13-15)18-9-6-8-17-16-7-4-5-10-20(16)24-21(17)18;1-13(2)15-10-11-17-18-16(15)9-6-12-21(18)19(20-17)14-7-4-3-5-8-14;/h4-8,10-13H,14H2,1-3H3;3-7,9-11,13H,12H2,1-2H3;/q2*-1;. The SMILES string of the molecule is CC(C)(C)Cc1ccnc(-c2[c-]ccc3c2oc2ccccc23)c1.CC(C)c1ccc2nc(-c3[c-]cccc3)n3c2c1C=CC3.[Ir]. The molecule has 1 aliphatic rings. The van der Waals surface area contributed by atoms with Gasteiger partial charge < -0.3 is 14.0 Å². The van der Waals surface area contributed by atoms with E-state index in [4.69, 9.17) is 9.40 Å². The first-order chi connectivity index (χ1) is 21.8. The Hall–Kier alpha value is -4.31. The molecule has 7 aromatic rings. The van der Waals surface area contributed by atoms with Crippen molar-refractivity contribution in [2.24, 2.45) is 5.41 Å². The summed E-state index contributed by atoms with van der Waals surface area (Å²) in [6, 6.07) is 35.4. The molecule has 8 rings (SSSR count). The van der Waals surface area contributed by atoms with Gasteiger partial charge in [0.15, 0.2) is 0 Å². The third-order valence-corrected chi connectivity index (χ3v) is 8.28. The molecule has 1 aliphatic heterocycles. The van der Waals surface area contributed by atoms with E-state index in [-0.39, 0.29) is 25.5 Å². The Balaban J connectivity index is 0.000000159. The zero-order chi connectivity index (χ0) is 31.1. The van der Waals surface area contributed by atoms with E-state index in [9.17, 15) is 0 Å². The zero-order valence-electron chi connectivity index (χ0n) is 26.9. The van der Waals surface area contributed by atoms with E-state index in [1.54, 1.807) is 0 Å². The number of hydrogen-bond acceptors (Lipinski definition) is 3. The second-order valence-electron chi connectivity index (χ2n) is 13.3. The van der Waals surface area contributed by atoms with Crippen molar-refractivity contribution in [2.75, 3.05) is 0 Å². The van der Waals surface area contributed by atoms with Gasteiger partial charge in [-0.25, -0.2) is 0 Å². The summed E-state index contributed by atoms with van der Waals surface area (Å²) in [4.78, 5) is 9.42. The summed E-state index contributed by atoms with van der Waals surface area (Å²) in [5.41, 5.74) is 11.2. The van der Waals surface area contributed by atoms with Crippen LogP contribution < -0.4 is 0 Å². The molecule has 4 aromatic carbocycles. The molecular formula is C41H37IrN3O-2. The number of furan rings is 1. The molecule has 0 atom stereocenters. The van der Waals surface area contributed by atoms with Crippen molar-refractivity contribution in [1.29, 1.82) is 0 Å². The number of aromatic nitrogens is 3. The van der Waals surface area contributed by atoms with E-state index >= 15 is 0 Å². The molecule has 0 fully saturated rings. The van der Waals surface area contributed by atoms with Crippen LogP contribution in [0.2, 0.25) is 0 Å². The Morgan fingerprint density at radius 3 is 2.52 bits per heavy atom. The van der Waals surface area contributed by atoms with Crippen molar-refractivity contribution in [3.05, 3.63) is 126 Å². The number of allylic oxidation sites excluding steroid dienone is 1. The molecular weight excluding hydrogens is 743 g/mol. The molecule has 46 heavy (non-hydrogen) atoms. The monoisotopic (exact) mass is 780 g/mol. The minimum absolute atomic E-state index is 0. The Bertz CT molecular complexity index is 2180. The average Bonchev–Trinajstić information content (AvgIpc) is 3.61. The van der Waals surface area contributed by atoms with Crippen molar-refractivity contribution >= 4 is 39.0 Å². The van der Waals surface area contributed by atoms with Gasteiger partial charge in [0.1, 0.15) is 5.58 Å². The van der Waals surface area contributed by atoms with E-state index in [1.807, 2.05) is 48.7 Å². The number of pyridine rings is 1. The predicted molar refractivity (Wildman–Crippen MR) is 186 cm³/mol. The van der Waals surface area contributed by atoms with Crippen molar-refractivity contribution in [2.45, 2.75) is 53.5 Å². The number of fused-ring (bicyclic) bond motifs is 3. The molecule has 5 heteroatoms. The topological polar surface area (TPSA) is 43.9 Å². The molecule has 1 radical (unpaired) electrons. The van der Waals surface area contributed by atoms with Crippen LogP contribution in [-0.4, -0.2) is 14.5 Å². The summed E-state index contributed by atoms with van der Waals surface area (Å²) in [7, 11) is 0. The summed E-state index contributed by atoms with van der Waals surface area (Å²) in [5.74, 6) is 1.53. The number of nitrogens with zero attached hydrogens (tertiary/aromatic N) is 3. The quantitative estimate of drug-likeness (QED) is 0.167. The third-order valence-electron chi connectivity index (χ3n) is 8.28. The van der Waals surface area contributed by atoms with E-state index in [0.29, 0.717) is 5.92 Å². The van der Waals surface area contributed by atoms with E-state index < -0.39 is 0 Å². The Morgan fingerprint density at radius 2 is 1.74 bits per heavy atom. The van der Waals surface area contributed by atoms with Crippen LogP contribution in [0.15, 0.2) is 102 Å². The maximum absolute atomic E-state index is 6.11. The van der Waals surface area contributed by atoms with Gasteiger partial charge in [0.05, 0.1) is 22.4 Å². The third kappa shape index (κ3) is 6.10. The summed E-state index contributed by atoms with van der Waals surface area (Å²) in [5, 5.41) is 2.25. The minimum Gasteiger partial charge on any atom is -0.501 e. The first-order valence-corrected chi connectivity index (χ1v) is 15.7. The number of rotatable bonds is 4. The first-order valence-electron chi connectivity index (χ1n) is 15.7. The molecule has 0 bridgehead atoms. The van der Waals surface area contributed by atoms with Crippen molar-refractivity contribution < 1.29 is 24.5 Å². The van der Waals surface area contributed by atoms with Gasteiger partial charge in [0.25, 0.3) is 0 Å². The van der Waals surface area contributed by atoms with Crippen LogP contribution in [0.4, 0.5) is 0 Å². The first kappa shape index (κ1) is 31.7. The zero-order valence-corrected chi connectivity index (χ0v) is 29.3. The maximum atomic E-state index is 6.11. The molecule has 3 aromatic heterocycles. The van der Waals surface area contributed by atoms with Crippen LogP contribution >= 0.6 is 0 Å². The van der Waals surface area contributed by atoms with Crippen molar-refractivity contribution in [1.82, 2.24) is 14.5 Å².